The first-order valence-electron chi connectivity index (χ1n) is 8.87. The maximum absolute atomic E-state index is 13.0. The van der Waals surface area contributed by atoms with E-state index in [-0.39, 0.29) is 21.7 Å². The second-order valence-electron chi connectivity index (χ2n) is 6.50. The number of fused-ring (bicyclic) bond motifs is 1. The fourth-order valence-electron chi connectivity index (χ4n) is 3.13. The van der Waals surface area contributed by atoms with Crippen LogP contribution in [0, 0.1) is 11.3 Å². The number of carbonyl (C=O) groups excluding carboxylic acids is 2. The zero-order valence-corrected chi connectivity index (χ0v) is 17.4. The molecule has 0 aromatic heterocycles. The minimum absolute atomic E-state index is 0.0258. The van der Waals surface area contributed by atoms with Gasteiger partial charge in [-0.3, -0.25) is 9.59 Å². The van der Waals surface area contributed by atoms with E-state index in [0.717, 1.165) is 0 Å². The molecule has 8 nitrogen and oxygen atoms in total. The molecule has 0 saturated carbocycles. The first-order chi connectivity index (χ1) is 14.2. The lowest BCUT2D eigenvalue weighted by atomic mass is 10.0. The van der Waals surface area contributed by atoms with Crippen molar-refractivity contribution in [2.75, 3.05) is 16.8 Å². The maximum Gasteiger partial charge on any atom is 0.267 e. The summed E-state index contributed by atoms with van der Waals surface area (Å²) in [6, 6.07) is 11.8. The van der Waals surface area contributed by atoms with Gasteiger partial charge in [-0.1, -0.05) is 18.5 Å². The van der Waals surface area contributed by atoms with Gasteiger partial charge in [0.1, 0.15) is 11.6 Å². The molecule has 10 heteroatoms. The van der Waals surface area contributed by atoms with Gasteiger partial charge in [-0.05, 0) is 48.9 Å². The van der Waals surface area contributed by atoms with Crippen LogP contribution in [-0.4, -0.2) is 26.8 Å². The Hall–Kier alpha value is -3.19. The molecule has 3 rings (SSSR count). The van der Waals surface area contributed by atoms with E-state index in [2.05, 4.69) is 5.32 Å². The maximum atomic E-state index is 13.0. The molecular weight excluding hydrogens is 428 g/mol. The molecule has 30 heavy (non-hydrogen) atoms. The number of nitrogens with two attached hydrogens (primary N) is 1. The fourth-order valence-corrected chi connectivity index (χ4v) is 3.82. The average molecular weight is 445 g/mol. The van der Waals surface area contributed by atoms with Crippen LogP contribution in [0.15, 0.2) is 52.9 Å². The summed E-state index contributed by atoms with van der Waals surface area (Å²) < 4.78 is 22.7. The van der Waals surface area contributed by atoms with Crippen LogP contribution in [0.4, 0.5) is 11.4 Å². The quantitative estimate of drug-likeness (QED) is 0.540. The van der Waals surface area contributed by atoms with E-state index in [4.69, 9.17) is 16.7 Å². The van der Waals surface area contributed by atoms with Crippen molar-refractivity contribution in [1.82, 2.24) is 0 Å². The van der Waals surface area contributed by atoms with Crippen molar-refractivity contribution in [3.8, 4) is 6.07 Å². The molecule has 2 aromatic rings. The molecule has 2 aromatic carbocycles. The summed E-state index contributed by atoms with van der Waals surface area (Å²) in [5.74, 6) is -1.25. The Morgan fingerprint density at radius 2 is 1.90 bits per heavy atom. The third-order valence-corrected chi connectivity index (χ3v) is 5.62. The number of hydrogen-bond acceptors (Lipinski definition) is 5. The molecule has 0 radical (unpaired) electrons. The smallest absolute Gasteiger partial charge is 0.267 e. The number of nitrogens with one attached hydrogen (secondary N) is 1. The molecule has 0 aliphatic carbocycles. The summed E-state index contributed by atoms with van der Waals surface area (Å²) in [6.07, 6.45) is 0.686. The van der Waals surface area contributed by atoms with Crippen LogP contribution in [0.1, 0.15) is 18.9 Å². The van der Waals surface area contributed by atoms with Gasteiger partial charge < -0.3 is 10.2 Å². The third kappa shape index (κ3) is 4.07. The molecule has 1 heterocycles. The predicted octanol–water partition coefficient (Wildman–Crippen LogP) is 2.66. The van der Waals surface area contributed by atoms with Crippen LogP contribution in [0.5, 0.6) is 0 Å². The number of amides is 2. The van der Waals surface area contributed by atoms with E-state index in [9.17, 15) is 23.3 Å². The van der Waals surface area contributed by atoms with Gasteiger partial charge in [-0.15, -0.1) is 0 Å². The van der Waals surface area contributed by atoms with Crippen LogP contribution in [0.3, 0.4) is 0 Å². The summed E-state index contributed by atoms with van der Waals surface area (Å²) in [6.45, 7) is 2.33. The van der Waals surface area contributed by atoms with Crippen molar-refractivity contribution in [2.24, 2.45) is 5.14 Å². The highest BCUT2D eigenvalue weighted by atomic mass is 35.5. The van der Waals surface area contributed by atoms with Gasteiger partial charge in [0.2, 0.25) is 10.0 Å². The van der Waals surface area contributed by atoms with E-state index in [0.29, 0.717) is 29.2 Å². The lowest BCUT2D eigenvalue weighted by Gasteiger charge is -2.15. The molecule has 1 aliphatic heterocycles. The van der Waals surface area contributed by atoms with Gasteiger partial charge in [-0.25, -0.2) is 13.6 Å². The van der Waals surface area contributed by atoms with Crippen LogP contribution in [0.25, 0.3) is 5.57 Å². The molecule has 3 N–H and O–H groups in total. The zero-order valence-electron chi connectivity index (χ0n) is 15.8. The van der Waals surface area contributed by atoms with Crippen molar-refractivity contribution in [1.29, 1.82) is 5.26 Å². The number of carbonyl (C=O) groups is 2. The van der Waals surface area contributed by atoms with Crippen molar-refractivity contribution in [2.45, 2.75) is 18.2 Å². The highest BCUT2D eigenvalue weighted by molar-refractivity contribution is 7.89. The molecular formula is C20H17ClN4O4S. The summed E-state index contributed by atoms with van der Waals surface area (Å²) in [5, 5.41) is 17.6. The van der Waals surface area contributed by atoms with E-state index >= 15 is 0 Å². The van der Waals surface area contributed by atoms with Gasteiger partial charge in [0.25, 0.3) is 11.8 Å². The number of nitrogens with zero attached hydrogens (tertiary/aromatic N) is 2. The Labute approximate surface area is 178 Å². The summed E-state index contributed by atoms with van der Waals surface area (Å²) in [7, 11) is -3.88. The first-order valence-corrected chi connectivity index (χ1v) is 10.8. The summed E-state index contributed by atoms with van der Waals surface area (Å²) in [4.78, 5) is 27.2. The monoisotopic (exact) mass is 444 g/mol. The Bertz CT molecular complexity index is 1210. The van der Waals surface area contributed by atoms with Crippen molar-refractivity contribution < 1.29 is 18.0 Å². The second kappa shape index (κ2) is 8.28. The Kier molecular flexibility index (Phi) is 5.94. The number of benzene rings is 2. The van der Waals surface area contributed by atoms with Gasteiger partial charge in [0.15, 0.2) is 0 Å². The molecule has 154 valence electrons. The number of hydrogen-bond donors (Lipinski definition) is 2. The fraction of sp³-hybridized carbons (Fsp3) is 0.150. The topological polar surface area (TPSA) is 133 Å². The third-order valence-electron chi connectivity index (χ3n) is 4.45. The molecule has 0 atom stereocenters. The van der Waals surface area contributed by atoms with Gasteiger partial charge in [0, 0.05) is 22.8 Å². The number of primary sulfonamides is 1. The molecule has 0 spiro atoms. The number of sulfonamides is 1. The van der Waals surface area contributed by atoms with Crippen molar-refractivity contribution >= 4 is 50.4 Å². The molecule has 1 aliphatic rings. The molecule has 0 unspecified atom stereocenters. The van der Waals surface area contributed by atoms with Gasteiger partial charge in [0.05, 0.1) is 16.2 Å². The predicted molar refractivity (Wildman–Crippen MR) is 113 cm³/mol. The number of rotatable bonds is 5. The molecule has 0 fully saturated rings. The standard InChI is InChI=1S/C20H17ClN4O4S/c1-2-9-25-17-8-3-12(21)10-15(17)18(20(25)27)16(11-22)19(26)24-13-4-6-14(7-5-13)30(23,28)29/h3-8,10H,2,9H2,1H3,(H,24,26)(H2,23,28,29)/b18-16+. The first kappa shape index (κ1) is 21.5. The van der Waals surface area contributed by atoms with Crippen LogP contribution in [0.2, 0.25) is 5.02 Å². The number of anilines is 2. The normalized spacial score (nSPS) is 14.9. The lowest BCUT2D eigenvalue weighted by Crippen LogP contribution is -2.28. The van der Waals surface area contributed by atoms with E-state index in [1.807, 2.05) is 13.0 Å². The lowest BCUT2D eigenvalue weighted by molar-refractivity contribution is -0.114. The zero-order chi connectivity index (χ0) is 22.1. The van der Waals surface area contributed by atoms with Crippen LogP contribution >= 0.6 is 11.6 Å². The van der Waals surface area contributed by atoms with Crippen LogP contribution in [-0.2, 0) is 19.6 Å². The van der Waals surface area contributed by atoms with E-state index < -0.39 is 21.8 Å². The number of halogens is 1. The summed E-state index contributed by atoms with van der Waals surface area (Å²) in [5.41, 5.74) is 0.846. The Morgan fingerprint density at radius 1 is 1.23 bits per heavy atom. The largest absolute Gasteiger partial charge is 0.321 e. The SMILES string of the molecule is CCCN1C(=O)/C(=C(\C#N)C(=O)Nc2ccc(S(N)(=O)=O)cc2)c2cc(Cl)ccc21. The van der Waals surface area contributed by atoms with Crippen molar-refractivity contribution in [3.05, 3.63) is 58.6 Å². The second-order valence-corrected chi connectivity index (χ2v) is 8.50. The minimum Gasteiger partial charge on any atom is -0.321 e. The van der Waals surface area contributed by atoms with E-state index in [1.54, 1.807) is 18.2 Å². The molecule has 2 amide bonds. The van der Waals surface area contributed by atoms with Crippen LogP contribution < -0.4 is 15.4 Å². The molecule has 0 bridgehead atoms. The molecule has 0 saturated heterocycles. The Balaban J connectivity index is 2.01. The highest BCUT2D eigenvalue weighted by Crippen LogP contribution is 2.40. The highest BCUT2D eigenvalue weighted by Gasteiger charge is 2.36. The van der Waals surface area contributed by atoms with Gasteiger partial charge in [-0.2, -0.15) is 5.26 Å². The summed E-state index contributed by atoms with van der Waals surface area (Å²) >= 11 is 6.07. The van der Waals surface area contributed by atoms with Crippen molar-refractivity contribution in [3.63, 3.8) is 0 Å². The Morgan fingerprint density at radius 3 is 2.47 bits per heavy atom. The van der Waals surface area contributed by atoms with E-state index in [1.165, 1.54) is 29.2 Å². The average Bonchev–Trinajstić information content (AvgIpc) is 2.94. The van der Waals surface area contributed by atoms with Gasteiger partial charge >= 0.3 is 0 Å². The number of nitriles is 1. The minimum atomic E-state index is -3.88.